The molecule has 36 heavy (non-hydrogen) atoms. The van der Waals surface area contributed by atoms with Crippen molar-refractivity contribution in [1.82, 2.24) is 18.7 Å². The number of aromatic nitrogens is 4. The molecule has 0 aliphatic carbocycles. The normalized spacial score (nSPS) is 12.6. The number of hydrogen-bond donors (Lipinski definition) is 1. The summed E-state index contributed by atoms with van der Waals surface area (Å²) in [4.78, 5) is 16.7. The van der Waals surface area contributed by atoms with Gasteiger partial charge in [-0.2, -0.15) is 8.42 Å². The molecule has 11 heteroatoms. The number of rotatable bonds is 9. The Labute approximate surface area is 210 Å². The maximum Gasteiger partial charge on any atom is 0.328 e. The molecule has 0 aliphatic heterocycles. The Morgan fingerprint density at radius 3 is 2.36 bits per heavy atom. The molecule has 0 saturated heterocycles. The number of sulfonamides is 1. The first-order chi connectivity index (χ1) is 17.0. The van der Waals surface area contributed by atoms with Crippen LogP contribution in [0.2, 0.25) is 0 Å². The summed E-state index contributed by atoms with van der Waals surface area (Å²) in [6.45, 7) is 6.51. The zero-order chi connectivity index (χ0) is 26.2. The number of hydrogen-bond acceptors (Lipinski definition) is 6. The van der Waals surface area contributed by atoms with E-state index in [4.69, 9.17) is 9.47 Å². The van der Waals surface area contributed by atoms with Gasteiger partial charge in [0.15, 0.2) is 10.8 Å². The monoisotopic (exact) mass is 513 g/mol. The van der Waals surface area contributed by atoms with Crippen LogP contribution in [0.25, 0.3) is 11.0 Å². The highest BCUT2D eigenvalue weighted by Gasteiger charge is 2.23. The number of aryl methyl sites for hydroxylation is 4. The summed E-state index contributed by atoms with van der Waals surface area (Å²) >= 11 is 0. The molecule has 2 aromatic carbocycles. The first-order valence-corrected chi connectivity index (χ1v) is 13.1. The summed E-state index contributed by atoms with van der Waals surface area (Å²) in [6.07, 6.45) is 2.44. The van der Waals surface area contributed by atoms with Crippen molar-refractivity contribution >= 4 is 26.7 Å². The van der Waals surface area contributed by atoms with E-state index < -0.39 is 10.0 Å². The molecule has 0 fully saturated rings. The second-order valence-corrected chi connectivity index (χ2v) is 10.6. The van der Waals surface area contributed by atoms with Crippen molar-refractivity contribution in [3.8, 4) is 17.2 Å². The summed E-state index contributed by atoms with van der Waals surface area (Å²) in [5, 5.41) is -0.115. The van der Waals surface area contributed by atoms with Gasteiger partial charge in [-0.1, -0.05) is 26.3 Å². The van der Waals surface area contributed by atoms with E-state index in [-0.39, 0.29) is 22.2 Å². The highest BCUT2D eigenvalue weighted by Crippen LogP contribution is 2.36. The van der Waals surface area contributed by atoms with Crippen molar-refractivity contribution in [2.24, 2.45) is 27.1 Å². The molecule has 0 radical (unpaired) electrons. The largest absolute Gasteiger partial charge is 0.493 e. The lowest BCUT2D eigenvalue weighted by Gasteiger charge is -2.15. The van der Waals surface area contributed by atoms with Crippen LogP contribution in [0.1, 0.15) is 26.1 Å². The van der Waals surface area contributed by atoms with Crippen LogP contribution in [-0.2, 0) is 31.2 Å². The Kier molecular flexibility index (Phi) is 6.85. The third kappa shape index (κ3) is 4.97. The number of fused-ring (bicyclic) bond motifs is 1. The second kappa shape index (κ2) is 9.73. The number of benzene rings is 2. The molecule has 4 rings (SSSR count). The Hall–Kier alpha value is -3.73. The van der Waals surface area contributed by atoms with E-state index in [1.165, 1.54) is 15.3 Å². The molecule has 192 valence electrons. The predicted octanol–water partition coefficient (Wildman–Crippen LogP) is 3.94. The molecule has 0 bridgehead atoms. The van der Waals surface area contributed by atoms with Gasteiger partial charge < -0.3 is 14.0 Å². The van der Waals surface area contributed by atoms with Crippen LogP contribution in [0.5, 0.6) is 17.2 Å². The van der Waals surface area contributed by atoms with Crippen LogP contribution < -0.4 is 19.9 Å². The zero-order valence-corrected chi connectivity index (χ0v) is 22.1. The average molecular weight is 514 g/mol. The third-order valence-corrected chi connectivity index (χ3v) is 7.48. The molecule has 1 N–H and O–H groups in total. The zero-order valence-electron chi connectivity index (χ0n) is 21.3. The number of nitrogens with one attached hydrogen (secondary N) is 1. The molecular weight excluding hydrogens is 482 g/mol. The number of anilines is 1. The molecule has 2 heterocycles. The summed E-state index contributed by atoms with van der Waals surface area (Å²) in [5.41, 5.74) is 1.09. The molecule has 1 atom stereocenters. The van der Waals surface area contributed by atoms with E-state index >= 15 is 0 Å². The van der Waals surface area contributed by atoms with Gasteiger partial charge in [0.1, 0.15) is 17.3 Å². The lowest BCUT2D eigenvalue weighted by molar-refractivity contribution is 0.256. The van der Waals surface area contributed by atoms with Crippen LogP contribution in [0, 0.1) is 12.8 Å². The van der Waals surface area contributed by atoms with Crippen LogP contribution in [0.15, 0.2) is 52.4 Å². The highest BCUT2D eigenvalue weighted by molar-refractivity contribution is 7.92. The maximum atomic E-state index is 13.2. The highest BCUT2D eigenvalue weighted by atomic mass is 32.2. The quantitative estimate of drug-likeness (QED) is 0.363. The third-order valence-electron chi connectivity index (χ3n) is 6.24. The molecule has 1 unspecified atom stereocenters. The van der Waals surface area contributed by atoms with Gasteiger partial charge in [0, 0.05) is 39.5 Å². The van der Waals surface area contributed by atoms with Gasteiger partial charge in [0.2, 0.25) is 0 Å². The SMILES string of the molecule is CCC(C)COc1cccc(Oc2cc3c(cc2NS(=O)(=O)c2cn(C)c(C)n2)n(C)c(=O)n3C)c1. The van der Waals surface area contributed by atoms with Crippen molar-refractivity contribution in [2.75, 3.05) is 11.3 Å². The minimum atomic E-state index is -4.02. The van der Waals surface area contributed by atoms with Crippen molar-refractivity contribution in [3.05, 3.63) is 58.9 Å². The molecule has 2 aromatic heterocycles. The fraction of sp³-hybridized carbons (Fsp3) is 0.360. The average Bonchev–Trinajstić information content (AvgIpc) is 3.29. The first-order valence-electron chi connectivity index (χ1n) is 11.6. The number of nitrogens with zero attached hydrogens (tertiary/aromatic N) is 4. The first kappa shape index (κ1) is 25.4. The minimum Gasteiger partial charge on any atom is -0.493 e. The Morgan fingerprint density at radius 1 is 1.06 bits per heavy atom. The number of ether oxygens (including phenoxy) is 2. The van der Waals surface area contributed by atoms with Gasteiger partial charge in [-0.05, 0) is 31.0 Å². The molecule has 10 nitrogen and oxygen atoms in total. The van der Waals surface area contributed by atoms with Crippen LogP contribution in [0.3, 0.4) is 0 Å². The summed E-state index contributed by atoms with van der Waals surface area (Å²) < 4.78 is 45.5. The van der Waals surface area contributed by atoms with Crippen LogP contribution in [0.4, 0.5) is 5.69 Å². The molecule has 0 spiro atoms. The maximum absolute atomic E-state index is 13.2. The molecule has 0 aliphatic rings. The summed E-state index contributed by atoms with van der Waals surface area (Å²) in [7, 11) is 0.975. The standard InChI is InChI=1S/C25H31N5O5S/c1-7-16(2)15-34-18-9-8-10-19(11-18)35-23-13-22-21(29(5)25(31)30(22)6)12-20(23)27-36(32,33)24-14-28(4)17(3)26-24/h8-14,16,27H,7,15H2,1-6H3. The van der Waals surface area contributed by atoms with Crippen LogP contribution in [-0.4, -0.2) is 33.7 Å². The van der Waals surface area contributed by atoms with E-state index in [0.29, 0.717) is 40.9 Å². The Morgan fingerprint density at radius 2 is 1.72 bits per heavy atom. The van der Waals surface area contributed by atoms with Crippen molar-refractivity contribution < 1.29 is 17.9 Å². The number of imidazole rings is 2. The van der Waals surface area contributed by atoms with E-state index in [9.17, 15) is 13.2 Å². The van der Waals surface area contributed by atoms with Gasteiger partial charge in [-0.15, -0.1) is 0 Å². The van der Waals surface area contributed by atoms with Gasteiger partial charge in [0.05, 0.1) is 23.3 Å². The van der Waals surface area contributed by atoms with Gasteiger partial charge in [-0.3, -0.25) is 13.9 Å². The molecule has 0 saturated carbocycles. The second-order valence-electron chi connectivity index (χ2n) is 8.98. The molecule has 0 amide bonds. The van der Waals surface area contributed by atoms with Crippen LogP contribution >= 0.6 is 0 Å². The molecule has 4 aromatic rings. The lowest BCUT2D eigenvalue weighted by Crippen LogP contribution is -2.19. The Balaban J connectivity index is 1.75. The van der Waals surface area contributed by atoms with Crippen molar-refractivity contribution in [1.29, 1.82) is 0 Å². The van der Waals surface area contributed by atoms with Gasteiger partial charge >= 0.3 is 5.69 Å². The lowest BCUT2D eigenvalue weighted by atomic mass is 10.1. The fourth-order valence-corrected chi connectivity index (χ4v) is 4.76. The minimum absolute atomic E-state index is 0.115. The predicted molar refractivity (Wildman–Crippen MR) is 138 cm³/mol. The van der Waals surface area contributed by atoms with Gasteiger partial charge in [-0.25, -0.2) is 9.78 Å². The van der Waals surface area contributed by atoms with E-state index in [1.807, 2.05) is 6.07 Å². The fourth-order valence-electron chi connectivity index (χ4n) is 3.65. The molecular formula is C25H31N5O5S. The Bertz CT molecular complexity index is 1560. The van der Waals surface area contributed by atoms with E-state index in [1.54, 1.807) is 63.0 Å². The van der Waals surface area contributed by atoms with E-state index in [2.05, 4.69) is 23.6 Å². The summed E-state index contributed by atoms with van der Waals surface area (Å²) in [5.74, 6) is 2.31. The van der Waals surface area contributed by atoms with Gasteiger partial charge in [0.25, 0.3) is 10.0 Å². The van der Waals surface area contributed by atoms with Crippen molar-refractivity contribution in [3.63, 3.8) is 0 Å². The summed E-state index contributed by atoms with van der Waals surface area (Å²) in [6, 6.07) is 10.4. The smallest absolute Gasteiger partial charge is 0.328 e. The van der Waals surface area contributed by atoms with E-state index in [0.717, 1.165) is 6.42 Å². The topological polar surface area (TPSA) is 109 Å². The van der Waals surface area contributed by atoms with Crippen molar-refractivity contribution in [2.45, 2.75) is 32.2 Å².